The number of anilines is 1. The fraction of sp³-hybridized carbons (Fsp3) is 0.222. The predicted octanol–water partition coefficient (Wildman–Crippen LogP) is 3.47. The Balaban J connectivity index is 1.84. The molecule has 1 unspecified atom stereocenters. The molecule has 1 saturated heterocycles. The summed E-state index contributed by atoms with van der Waals surface area (Å²) in [6.45, 7) is 0. The Labute approximate surface area is 139 Å². The van der Waals surface area contributed by atoms with Crippen LogP contribution in [0.2, 0.25) is 5.02 Å². The highest BCUT2D eigenvalue weighted by Crippen LogP contribution is 2.34. The van der Waals surface area contributed by atoms with Gasteiger partial charge in [0.15, 0.2) is 0 Å². The summed E-state index contributed by atoms with van der Waals surface area (Å²) in [7, 11) is 1.52. The molecular weight excluding hydrogens is 314 g/mol. The zero-order valence-corrected chi connectivity index (χ0v) is 13.4. The molecule has 0 spiro atoms. The van der Waals surface area contributed by atoms with Crippen LogP contribution >= 0.6 is 11.6 Å². The minimum absolute atomic E-state index is 0.186. The minimum Gasteiger partial charge on any atom is -0.495 e. The van der Waals surface area contributed by atoms with E-state index in [2.05, 4.69) is 0 Å². The third-order valence-corrected chi connectivity index (χ3v) is 4.21. The molecule has 2 amide bonds. The van der Waals surface area contributed by atoms with E-state index in [4.69, 9.17) is 16.3 Å². The first-order valence-corrected chi connectivity index (χ1v) is 7.72. The smallest absolute Gasteiger partial charge is 0.237 e. The molecule has 0 N–H and O–H groups in total. The Kier molecular flexibility index (Phi) is 4.35. The summed E-state index contributed by atoms with van der Waals surface area (Å²) in [4.78, 5) is 26.3. The molecule has 1 heterocycles. The Morgan fingerprint density at radius 2 is 1.83 bits per heavy atom. The second-order valence-electron chi connectivity index (χ2n) is 5.47. The van der Waals surface area contributed by atoms with Crippen LogP contribution in [0.4, 0.5) is 5.69 Å². The molecule has 2 aromatic rings. The molecule has 1 fully saturated rings. The molecule has 4 nitrogen and oxygen atoms in total. The normalized spacial score (nSPS) is 17.7. The number of rotatable bonds is 4. The van der Waals surface area contributed by atoms with Crippen molar-refractivity contribution in [3.8, 4) is 5.75 Å². The Morgan fingerprint density at radius 3 is 2.52 bits per heavy atom. The van der Waals surface area contributed by atoms with Gasteiger partial charge in [-0.05, 0) is 36.2 Å². The van der Waals surface area contributed by atoms with Crippen molar-refractivity contribution >= 4 is 29.1 Å². The maximum absolute atomic E-state index is 12.7. The Bertz CT molecular complexity index is 742. The van der Waals surface area contributed by atoms with E-state index in [1.807, 2.05) is 12.1 Å². The lowest BCUT2D eigenvalue weighted by molar-refractivity contribution is -0.122. The van der Waals surface area contributed by atoms with E-state index in [9.17, 15) is 9.59 Å². The second kappa shape index (κ2) is 6.42. The summed E-state index contributed by atoms with van der Waals surface area (Å²) in [5.41, 5.74) is 1.49. The van der Waals surface area contributed by atoms with Crippen molar-refractivity contribution in [3.63, 3.8) is 0 Å². The van der Waals surface area contributed by atoms with E-state index >= 15 is 0 Å². The van der Waals surface area contributed by atoms with Crippen LogP contribution in [0.25, 0.3) is 0 Å². The third kappa shape index (κ3) is 3.08. The van der Waals surface area contributed by atoms with E-state index in [0.29, 0.717) is 22.9 Å². The van der Waals surface area contributed by atoms with Gasteiger partial charge < -0.3 is 4.74 Å². The van der Waals surface area contributed by atoms with Crippen LogP contribution in [0.3, 0.4) is 0 Å². The number of nitrogens with zero attached hydrogens (tertiary/aromatic N) is 1. The van der Waals surface area contributed by atoms with Crippen LogP contribution in [0, 0.1) is 5.92 Å². The van der Waals surface area contributed by atoms with Crippen molar-refractivity contribution in [2.75, 3.05) is 12.0 Å². The topological polar surface area (TPSA) is 46.6 Å². The van der Waals surface area contributed by atoms with Crippen LogP contribution < -0.4 is 9.64 Å². The van der Waals surface area contributed by atoms with E-state index in [1.165, 1.54) is 12.0 Å². The second-order valence-corrected chi connectivity index (χ2v) is 5.91. The van der Waals surface area contributed by atoms with Gasteiger partial charge >= 0.3 is 0 Å². The third-order valence-electron chi connectivity index (χ3n) is 3.96. The van der Waals surface area contributed by atoms with Gasteiger partial charge in [0.1, 0.15) is 5.75 Å². The van der Waals surface area contributed by atoms with Gasteiger partial charge in [-0.1, -0.05) is 35.9 Å². The van der Waals surface area contributed by atoms with Crippen LogP contribution in [0.1, 0.15) is 12.0 Å². The molecule has 0 bridgehead atoms. The molecule has 0 radical (unpaired) electrons. The van der Waals surface area contributed by atoms with Gasteiger partial charge in [-0.3, -0.25) is 9.59 Å². The summed E-state index contributed by atoms with van der Waals surface area (Å²) >= 11 is 5.87. The van der Waals surface area contributed by atoms with Gasteiger partial charge in [0.2, 0.25) is 11.8 Å². The van der Waals surface area contributed by atoms with E-state index in [1.54, 1.807) is 36.4 Å². The van der Waals surface area contributed by atoms with Crippen LogP contribution in [0.5, 0.6) is 5.75 Å². The summed E-state index contributed by atoms with van der Waals surface area (Å²) in [6, 6.07) is 14.4. The van der Waals surface area contributed by atoms with E-state index in [-0.39, 0.29) is 24.2 Å². The number of carbonyl (C=O) groups excluding carboxylic acids is 2. The highest BCUT2D eigenvalue weighted by atomic mass is 35.5. The van der Waals surface area contributed by atoms with Crippen molar-refractivity contribution in [1.82, 2.24) is 0 Å². The molecule has 1 aliphatic heterocycles. The average molecular weight is 330 g/mol. The van der Waals surface area contributed by atoms with Crippen molar-refractivity contribution in [2.24, 2.45) is 5.92 Å². The number of hydrogen-bond donors (Lipinski definition) is 0. The molecule has 0 saturated carbocycles. The van der Waals surface area contributed by atoms with Gasteiger partial charge in [0.05, 0.1) is 18.7 Å². The zero-order valence-electron chi connectivity index (χ0n) is 12.7. The summed E-state index contributed by atoms with van der Waals surface area (Å²) in [5, 5.41) is 0.651. The number of methoxy groups -OCH3 is 1. The van der Waals surface area contributed by atoms with Crippen LogP contribution in [-0.4, -0.2) is 18.9 Å². The average Bonchev–Trinajstić information content (AvgIpc) is 2.83. The van der Waals surface area contributed by atoms with Crippen LogP contribution in [-0.2, 0) is 16.0 Å². The monoisotopic (exact) mass is 329 g/mol. The van der Waals surface area contributed by atoms with Crippen molar-refractivity contribution < 1.29 is 14.3 Å². The summed E-state index contributed by atoms with van der Waals surface area (Å²) < 4.78 is 5.26. The van der Waals surface area contributed by atoms with E-state index in [0.717, 1.165) is 5.56 Å². The van der Waals surface area contributed by atoms with Crippen molar-refractivity contribution in [2.45, 2.75) is 12.8 Å². The molecular formula is C18H16ClNO3. The Morgan fingerprint density at radius 1 is 1.13 bits per heavy atom. The van der Waals surface area contributed by atoms with Gasteiger partial charge in [-0.2, -0.15) is 0 Å². The molecule has 0 aliphatic carbocycles. The fourth-order valence-electron chi connectivity index (χ4n) is 2.83. The van der Waals surface area contributed by atoms with Crippen molar-refractivity contribution in [3.05, 3.63) is 59.1 Å². The first-order valence-electron chi connectivity index (χ1n) is 7.34. The summed E-state index contributed by atoms with van der Waals surface area (Å²) in [5.74, 6) is -0.220. The van der Waals surface area contributed by atoms with E-state index < -0.39 is 0 Å². The molecule has 3 rings (SSSR count). The highest BCUT2D eigenvalue weighted by molar-refractivity contribution is 6.30. The van der Waals surface area contributed by atoms with Crippen LogP contribution in [0.15, 0.2) is 48.5 Å². The number of carbonyl (C=O) groups is 2. The van der Waals surface area contributed by atoms with Gasteiger partial charge in [-0.25, -0.2) is 4.90 Å². The lowest BCUT2D eigenvalue weighted by Gasteiger charge is -2.18. The molecule has 1 aliphatic rings. The number of ether oxygens (including phenoxy) is 1. The van der Waals surface area contributed by atoms with Gasteiger partial charge in [-0.15, -0.1) is 0 Å². The maximum atomic E-state index is 12.7. The van der Waals surface area contributed by atoms with Crippen molar-refractivity contribution in [1.29, 1.82) is 0 Å². The largest absolute Gasteiger partial charge is 0.495 e. The maximum Gasteiger partial charge on any atom is 0.237 e. The standard InChI is InChI=1S/C18H16ClNO3/c1-23-16-5-3-2-4-15(16)20-17(21)11-13(18(20)22)10-12-6-8-14(19)9-7-12/h2-9,13H,10-11H2,1H3. The molecule has 5 heteroatoms. The molecule has 118 valence electrons. The number of para-hydroxylation sites is 2. The van der Waals surface area contributed by atoms with Gasteiger partial charge in [0, 0.05) is 11.4 Å². The quantitative estimate of drug-likeness (QED) is 0.807. The molecule has 0 aromatic heterocycles. The number of imide groups is 1. The number of hydrogen-bond acceptors (Lipinski definition) is 3. The fourth-order valence-corrected chi connectivity index (χ4v) is 2.95. The molecule has 23 heavy (non-hydrogen) atoms. The minimum atomic E-state index is -0.353. The number of halogens is 1. The number of amides is 2. The lowest BCUT2D eigenvalue weighted by atomic mass is 9.98. The Hall–Kier alpha value is -2.33. The first-order chi connectivity index (χ1) is 11.1. The molecule has 1 atom stereocenters. The first kappa shape index (κ1) is 15.6. The van der Waals surface area contributed by atoms with Gasteiger partial charge in [0.25, 0.3) is 0 Å². The number of benzene rings is 2. The lowest BCUT2D eigenvalue weighted by Crippen LogP contribution is -2.31. The highest BCUT2D eigenvalue weighted by Gasteiger charge is 2.40. The molecule has 2 aromatic carbocycles. The summed E-state index contributed by atoms with van der Waals surface area (Å²) in [6.07, 6.45) is 0.729. The SMILES string of the molecule is COc1ccccc1N1C(=O)CC(Cc2ccc(Cl)cc2)C1=O. The zero-order chi connectivity index (χ0) is 16.4. The predicted molar refractivity (Wildman–Crippen MR) is 88.8 cm³/mol.